The Morgan fingerprint density at radius 3 is 1.50 bits per heavy atom. The Balaban J connectivity index is 2.05. The maximum absolute atomic E-state index is 2.18. The van der Waals surface area contributed by atoms with Crippen LogP contribution in [0.15, 0.2) is 72.8 Å². The highest BCUT2D eigenvalue weighted by molar-refractivity contribution is 5.69. The fourth-order valence-corrected chi connectivity index (χ4v) is 2.23. The molecule has 20 heavy (non-hydrogen) atoms. The van der Waals surface area contributed by atoms with E-state index in [1.165, 1.54) is 22.3 Å². The first kappa shape index (κ1) is 12.4. The highest BCUT2D eigenvalue weighted by Gasteiger charge is 1.93. The molecule has 0 aromatic heterocycles. The molecule has 0 fully saturated rings. The molecule has 2 aromatic carbocycles. The van der Waals surface area contributed by atoms with Crippen LogP contribution in [0.3, 0.4) is 0 Å². The Morgan fingerprint density at radius 2 is 0.950 bits per heavy atom. The Morgan fingerprint density at radius 1 is 0.450 bits per heavy atom. The van der Waals surface area contributed by atoms with Crippen LogP contribution in [0.5, 0.6) is 0 Å². The van der Waals surface area contributed by atoms with E-state index in [9.17, 15) is 0 Å². The normalized spacial score (nSPS) is 19.6. The van der Waals surface area contributed by atoms with Crippen LogP contribution in [0.1, 0.15) is 22.3 Å². The lowest BCUT2D eigenvalue weighted by molar-refractivity contribution is 1.61. The van der Waals surface area contributed by atoms with Crippen molar-refractivity contribution in [2.24, 2.45) is 0 Å². The van der Waals surface area contributed by atoms with Crippen LogP contribution in [-0.4, -0.2) is 0 Å². The third-order valence-electron chi connectivity index (χ3n) is 3.26. The maximum Gasteiger partial charge on any atom is -0.0184 e. The Bertz CT molecular complexity index is 654. The predicted molar refractivity (Wildman–Crippen MR) is 89.0 cm³/mol. The summed E-state index contributed by atoms with van der Waals surface area (Å²) in [6, 6.07) is 16.9. The zero-order valence-corrected chi connectivity index (χ0v) is 11.2. The van der Waals surface area contributed by atoms with Gasteiger partial charge >= 0.3 is 0 Å². The quantitative estimate of drug-likeness (QED) is 0.587. The minimum atomic E-state index is 1.22. The molecule has 2 bridgehead atoms. The summed E-state index contributed by atoms with van der Waals surface area (Å²) in [5.74, 6) is 0. The van der Waals surface area contributed by atoms with Crippen molar-refractivity contribution in [3.63, 3.8) is 0 Å². The third kappa shape index (κ3) is 3.04. The minimum absolute atomic E-state index is 1.22. The zero-order valence-electron chi connectivity index (χ0n) is 11.2. The van der Waals surface area contributed by atoms with E-state index in [2.05, 4.69) is 97.1 Å². The summed E-state index contributed by atoms with van der Waals surface area (Å²) in [6.45, 7) is 0. The van der Waals surface area contributed by atoms with E-state index in [-0.39, 0.29) is 0 Å². The molecule has 0 saturated heterocycles. The van der Waals surface area contributed by atoms with Crippen LogP contribution in [-0.2, 0) is 0 Å². The second-order valence-corrected chi connectivity index (χ2v) is 4.74. The van der Waals surface area contributed by atoms with Crippen LogP contribution in [0, 0.1) is 0 Å². The number of hydrogen-bond donors (Lipinski definition) is 0. The van der Waals surface area contributed by atoms with Gasteiger partial charge in [0.1, 0.15) is 0 Å². The zero-order chi connectivity index (χ0) is 13.6. The van der Waals surface area contributed by atoms with Crippen LogP contribution in [0.25, 0.3) is 24.3 Å². The third-order valence-corrected chi connectivity index (χ3v) is 3.26. The van der Waals surface area contributed by atoms with Crippen molar-refractivity contribution in [2.45, 2.75) is 0 Å². The van der Waals surface area contributed by atoms with E-state index >= 15 is 0 Å². The molecular formula is C20H16. The molecule has 0 amide bonds. The summed E-state index contributed by atoms with van der Waals surface area (Å²) in [5, 5.41) is 0. The van der Waals surface area contributed by atoms with Gasteiger partial charge in [0.15, 0.2) is 0 Å². The summed E-state index contributed by atoms with van der Waals surface area (Å²) in [4.78, 5) is 0. The second kappa shape index (κ2) is 6.03. The first-order valence-electron chi connectivity index (χ1n) is 6.80. The topological polar surface area (TPSA) is 0 Å². The summed E-state index contributed by atoms with van der Waals surface area (Å²) in [5.41, 5.74) is 4.89. The maximum atomic E-state index is 2.18. The number of benzene rings is 2. The Kier molecular flexibility index (Phi) is 3.75. The van der Waals surface area contributed by atoms with Crippen molar-refractivity contribution in [3.05, 3.63) is 95.1 Å². The Hall–Kier alpha value is -2.60. The molecule has 0 spiro atoms. The average Bonchev–Trinajstić information content (AvgIpc) is 2.50. The lowest BCUT2D eigenvalue weighted by Crippen LogP contribution is -1.78. The number of allylic oxidation sites excluding steroid dienone is 4. The van der Waals surface area contributed by atoms with Crippen LogP contribution in [0.2, 0.25) is 0 Å². The fourth-order valence-electron chi connectivity index (χ4n) is 2.23. The Labute approximate surface area is 120 Å². The molecule has 0 radical (unpaired) electrons. The van der Waals surface area contributed by atoms with Crippen LogP contribution >= 0.6 is 0 Å². The van der Waals surface area contributed by atoms with Gasteiger partial charge in [0.2, 0.25) is 0 Å². The molecule has 2 aromatic rings. The summed E-state index contributed by atoms with van der Waals surface area (Å²) in [6.07, 6.45) is 16.9. The molecule has 1 aliphatic rings. The van der Waals surface area contributed by atoms with Crippen molar-refractivity contribution >= 4 is 24.3 Å². The van der Waals surface area contributed by atoms with Crippen LogP contribution in [0.4, 0.5) is 0 Å². The monoisotopic (exact) mass is 256 g/mol. The second-order valence-electron chi connectivity index (χ2n) is 4.74. The highest BCUT2D eigenvalue weighted by atomic mass is 14.0. The van der Waals surface area contributed by atoms with Gasteiger partial charge in [-0.05, 0) is 28.3 Å². The number of hydrogen-bond acceptors (Lipinski definition) is 0. The van der Waals surface area contributed by atoms with Gasteiger partial charge in [0.05, 0.1) is 0 Å². The molecule has 0 N–H and O–H groups in total. The van der Waals surface area contributed by atoms with Gasteiger partial charge in [0.25, 0.3) is 0 Å². The van der Waals surface area contributed by atoms with Crippen LogP contribution < -0.4 is 0 Å². The van der Waals surface area contributed by atoms with Gasteiger partial charge in [-0.2, -0.15) is 0 Å². The molecule has 0 unspecified atom stereocenters. The van der Waals surface area contributed by atoms with Crippen molar-refractivity contribution in [3.8, 4) is 0 Å². The van der Waals surface area contributed by atoms with E-state index in [1.807, 2.05) is 0 Å². The summed E-state index contributed by atoms with van der Waals surface area (Å²) in [7, 11) is 0. The predicted octanol–water partition coefficient (Wildman–Crippen LogP) is 5.45. The standard InChI is InChI=1S/C20H16/c1-3-12-19-14-5-6-15-20(19)13-4-2-9-18-11-7-10-17(8-1)16-18/h1-16H/b8-1-,9-2-,12-3+,13-4+. The molecule has 0 aliphatic heterocycles. The SMILES string of the molecule is C1=C\c2cccc(c2)/C=C\C=C\c2ccccc2/C=C/1. The average molecular weight is 256 g/mol. The molecule has 3 rings (SSSR count). The van der Waals surface area contributed by atoms with E-state index in [1.54, 1.807) is 0 Å². The molecule has 1 aliphatic carbocycles. The summed E-state index contributed by atoms with van der Waals surface area (Å²) >= 11 is 0. The lowest BCUT2D eigenvalue weighted by Gasteiger charge is -1.98. The molecule has 0 heteroatoms. The largest absolute Gasteiger partial charge is 0.0617 e. The van der Waals surface area contributed by atoms with E-state index < -0.39 is 0 Å². The van der Waals surface area contributed by atoms with E-state index in [0.29, 0.717) is 0 Å². The first-order chi connectivity index (χ1) is 9.92. The molecule has 0 saturated carbocycles. The molecule has 0 nitrogen and oxygen atoms in total. The van der Waals surface area contributed by atoms with E-state index in [0.717, 1.165) is 0 Å². The van der Waals surface area contributed by atoms with Gasteiger partial charge in [-0.15, -0.1) is 0 Å². The van der Waals surface area contributed by atoms with Gasteiger partial charge in [0, 0.05) is 0 Å². The van der Waals surface area contributed by atoms with Crippen molar-refractivity contribution in [2.75, 3.05) is 0 Å². The van der Waals surface area contributed by atoms with E-state index in [4.69, 9.17) is 0 Å². The van der Waals surface area contributed by atoms with Gasteiger partial charge in [-0.25, -0.2) is 0 Å². The van der Waals surface area contributed by atoms with Gasteiger partial charge in [-0.1, -0.05) is 91.1 Å². The van der Waals surface area contributed by atoms with Crippen molar-refractivity contribution < 1.29 is 0 Å². The molecule has 0 atom stereocenters. The lowest BCUT2D eigenvalue weighted by atomic mass is 10.1. The fraction of sp³-hybridized carbons (Fsp3) is 0. The van der Waals surface area contributed by atoms with Crippen molar-refractivity contribution in [1.29, 1.82) is 0 Å². The number of fused-ring (bicyclic) bond motifs is 3. The number of rotatable bonds is 0. The van der Waals surface area contributed by atoms with Gasteiger partial charge in [-0.3, -0.25) is 0 Å². The van der Waals surface area contributed by atoms with Crippen molar-refractivity contribution in [1.82, 2.24) is 0 Å². The molecular weight excluding hydrogens is 240 g/mol. The highest BCUT2D eigenvalue weighted by Crippen LogP contribution is 2.15. The van der Waals surface area contributed by atoms with Gasteiger partial charge < -0.3 is 0 Å². The smallest absolute Gasteiger partial charge is 0.0184 e. The molecule has 96 valence electrons. The molecule has 0 heterocycles. The minimum Gasteiger partial charge on any atom is -0.0617 e. The summed E-state index contributed by atoms with van der Waals surface area (Å²) < 4.78 is 0. The first-order valence-corrected chi connectivity index (χ1v) is 6.80.